The summed E-state index contributed by atoms with van der Waals surface area (Å²) in [7, 11) is 0. The van der Waals surface area contributed by atoms with Crippen molar-refractivity contribution in [2.45, 2.75) is 5.41 Å². The second-order valence-electron chi connectivity index (χ2n) is 12.6. The maximum Gasteiger partial charge on any atom is 0.182 e. The lowest BCUT2D eigenvalue weighted by Gasteiger charge is -2.34. The molecule has 50 heavy (non-hydrogen) atoms. The first kappa shape index (κ1) is 28.3. The summed E-state index contributed by atoms with van der Waals surface area (Å²) in [6.07, 6.45) is 1.76. The van der Waals surface area contributed by atoms with Gasteiger partial charge in [0.25, 0.3) is 0 Å². The minimum Gasteiger partial charge on any atom is -0.456 e. The topological polar surface area (TPSA) is 64.7 Å². The van der Waals surface area contributed by atoms with Crippen LogP contribution < -0.4 is 0 Å². The predicted octanol–water partition coefficient (Wildman–Crippen LogP) is 10.5. The van der Waals surface area contributed by atoms with Gasteiger partial charge in [0.1, 0.15) is 16.9 Å². The van der Waals surface area contributed by atoms with Crippen molar-refractivity contribution in [1.29, 1.82) is 0 Å². The van der Waals surface area contributed by atoms with Crippen molar-refractivity contribution < 1.29 is 4.42 Å². The summed E-state index contributed by atoms with van der Waals surface area (Å²) >= 11 is 0. The summed E-state index contributed by atoms with van der Waals surface area (Å²) in [5.41, 5.74) is 10.5. The average Bonchev–Trinajstić information content (AvgIpc) is 3.73. The fraction of sp³-hybridized carbons (Fsp3) is 0.0222. The van der Waals surface area contributed by atoms with Crippen LogP contribution in [0.1, 0.15) is 22.3 Å². The monoisotopic (exact) mass is 640 g/mol. The van der Waals surface area contributed by atoms with Gasteiger partial charge in [-0.3, -0.25) is 4.98 Å². The van der Waals surface area contributed by atoms with E-state index >= 15 is 0 Å². The first-order valence-electron chi connectivity index (χ1n) is 16.7. The highest BCUT2D eigenvalue weighted by molar-refractivity contribution is 6.10. The Morgan fingerprint density at radius 3 is 1.80 bits per heavy atom. The van der Waals surface area contributed by atoms with Gasteiger partial charge >= 0.3 is 0 Å². The lowest BCUT2D eigenvalue weighted by Crippen LogP contribution is -2.28. The van der Waals surface area contributed by atoms with E-state index in [9.17, 15) is 0 Å². The van der Waals surface area contributed by atoms with Gasteiger partial charge in [0.2, 0.25) is 0 Å². The third-order valence-corrected chi connectivity index (χ3v) is 9.87. The Morgan fingerprint density at radius 1 is 0.460 bits per heavy atom. The van der Waals surface area contributed by atoms with Gasteiger partial charge in [-0.25, -0.2) is 15.0 Å². The van der Waals surface area contributed by atoms with E-state index in [2.05, 4.69) is 114 Å². The Morgan fingerprint density at radius 2 is 1.08 bits per heavy atom. The molecule has 3 aromatic heterocycles. The third kappa shape index (κ3) is 4.20. The Kier molecular flexibility index (Phi) is 6.33. The van der Waals surface area contributed by atoms with E-state index in [1.165, 1.54) is 0 Å². The molecule has 10 rings (SSSR count). The molecule has 0 unspecified atom stereocenters. The summed E-state index contributed by atoms with van der Waals surface area (Å²) in [6.45, 7) is 0. The zero-order valence-corrected chi connectivity index (χ0v) is 26.9. The van der Waals surface area contributed by atoms with Gasteiger partial charge in [-0.1, -0.05) is 133 Å². The summed E-state index contributed by atoms with van der Waals surface area (Å²) in [4.78, 5) is 19.6. The van der Waals surface area contributed by atoms with Crippen LogP contribution in [0.3, 0.4) is 0 Å². The van der Waals surface area contributed by atoms with E-state index in [0.717, 1.165) is 66.4 Å². The summed E-state index contributed by atoms with van der Waals surface area (Å²) in [5, 5.41) is 2.21. The fourth-order valence-electron chi connectivity index (χ4n) is 7.72. The molecule has 6 aromatic carbocycles. The van der Waals surface area contributed by atoms with Gasteiger partial charge in [0.05, 0.1) is 5.41 Å². The molecule has 234 valence electrons. The van der Waals surface area contributed by atoms with Crippen LogP contribution in [0.2, 0.25) is 0 Å². The maximum atomic E-state index is 6.83. The Hall–Kier alpha value is -6.72. The lowest BCUT2D eigenvalue weighted by molar-refractivity contribution is 0.650. The van der Waals surface area contributed by atoms with Crippen LogP contribution in [0, 0.1) is 0 Å². The molecule has 5 heteroatoms. The van der Waals surface area contributed by atoms with E-state index in [-0.39, 0.29) is 0 Å². The van der Waals surface area contributed by atoms with Gasteiger partial charge < -0.3 is 4.42 Å². The van der Waals surface area contributed by atoms with Gasteiger partial charge in [-0.15, -0.1) is 0 Å². The molecule has 0 bridgehead atoms. The fourth-order valence-corrected chi connectivity index (χ4v) is 7.72. The van der Waals surface area contributed by atoms with E-state index in [0.29, 0.717) is 23.2 Å². The summed E-state index contributed by atoms with van der Waals surface area (Å²) < 4.78 is 6.83. The minimum atomic E-state index is -0.685. The first-order chi connectivity index (χ1) is 24.8. The largest absolute Gasteiger partial charge is 0.456 e. The van der Waals surface area contributed by atoms with Crippen molar-refractivity contribution in [2.24, 2.45) is 0 Å². The molecule has 1 aliphatic carbocycles. The number of hydrogen-bond donors (Lipinski definition) is 0. The number of fused-ring (bicyclic) bond motifs is 7. The molecular weight excluding hydrogens is 613 g/mol. The molecule has 0 radical (unpaired) electrons. The van der Waals surface area contributed by atoms with Crippen LogP contribution in [0.15, 0.2) is 174 Å². The molecule has 0 saturated heterocycles. The third-order valence-electron chi connectivity index (χ3n) is 9.87. The number of nitrogens with zero attached hydrogens (tertiary/aromatic N) is 4. The van der Waals surface area contributed by atoms with Crippen molar-refractivity contribution in [3.8, 4) is 45.4 Å². The number of pyridine rings is 1. The average molecular weight is 641 g/mol. The normalized spacial score (nSPS) is 13.0. The SMILES string of the molecule is c1ccc(-c2nc(-c3ccc4c(c3)C(c3ccccc3)(c3ccccc3)c3c-4ccc4c3oc3ccccc34)nc(-c3ccccn3)n2)cc1. The highest BCUT2D eigenvalue weighted by Crippen LogP contribution is 2.59. The molecule has 9 aromatic rings. The van der Waals surface area contributed by atoms with E-state index in [1.54, 1.807) is 6.20 Å². The van der Waals surface area contributed by atoms with Crippen LogP contribution in [-0.4, -0.2) is 19.9 Å². The van der Waals surface area contributed by atoms with Gasteiger partial charge in [0.15, 0.2) is 17.5 Å². The van der Waals surface area contributed by atoms with Crippen LogP contribution in [0.4, 0.5) is 0 Å². The van der Waals surface area contributed by atoms with Crippen molar-refractivity contribution in [1.82, 2.24) is 19.9 Å². The van der Waals surface area contributed by atoms with Crippen molar-refractivity contribution in [2.75, 3.05) is 0 Å². The number of hydrogen-bond acceptors (Lipinski definition) is 5. The van der Waals surface area contributed by atoms with Crippen molar-refractivity contribution in [3.63, 3.8) is 0 Å². The van der Waals surface area contributed by atoms with E-state index in [1.807, 2.05) is 54.6 Å². The quantitative estimate of drug-likeness (QED) is 0.187. The molecule has 0 fully saturated rings. The Bertz CT molecular complexity index is 2590. The molecule has 1 aliphatic rings. The Balaban J connectivity index is 1.29. The minimum absolute atomic E-state index is 0.527. The molecule has 0 aliphatic heterocycles. The number of aromatic nitrogens is 4. The maximum absolute atomic E-state index is 6.83. The van der Waals surface area contributed by atoms with Gasteiger partial charge in [-0.05, 0) is 58.1 Å². The molecule has 0 atom stereocenters. The van der Waals surface area contributed by atoms with Crippen molar-refractivity contribution in [3.05, 3.63) is 192 Å². The molecule has 0 amide bonds. The van der Waals surface area contributed by atoms with Crippen LogP contribution in [-0.2, 0) is 5.41 Å². The zero-order chi connectivity index (χ0) is 33.1. The number of furan rings is 1. The van der Waals surface area contributed by atoms with Gasteiger partial charge in [-0.2, -0.15) is 0 Å². The lowest BCUT2D eigenvalue weighted by atomic mass is 9.67. The molecule has 0 saturated carbocycles. The Labute approximate surface area is 288 Å². The van der Waals surface area contributed by atoms with Crippen LogP contribution in [0.5, 0.6) is 0 Å². The van der Waals surface area contributed by atoms with E-state index in [4.69, 9.17) is 19.4 Å². The number of benzene rings is 6. The number of rotatable bonds is 5. The summed E-state index contributed by atoms with van der Waals surface area (Å²) in [5.74, 6) is 1.71. The standard InChI is InChI=1S/C45H28N4O/c1-4-14-29(15-5-1)42-47-43(49-44(48-42)38-21-12-13-27-46-38)30-23-24-33-35-25-26-36-34-20-10-11-22-39(34)50-41(36)40(35)45(37(33)28-30,31-16-6-2-7-17-31)32-18-8-3-9-19-32/h1-28H. The molecule has 3 heterocycles. The second kappa shape index (κ2) is 11.2. The van der Waals surface area contributed by atoms with E-state index < -0.39 is 5.41 Å². The second-order valence-corrected chi connectivity index (χ2v) is 12.6. The smallest absolute Gasteiger partial charge is 0.182 e. The number of para-hydroxylation sites is 1. The molecule has 5 nitrogen and oxygen atoms in total. The van der Waals surface area contributed by atoms with Crippen LogP contribution in [0.25, 0.3) is 67.4 Å². The molecule has 0 spiro atoms. The highest BCUT2D eigenvalue weighted by Gasteiger charge is 2.48. The zero-order valence-electron chi connectivity index (χ0n) is 26.9. The molecular formula is C45H28N4O. The highest BCUT2D eigenvalue weighted by atomic mass is 16.3. The molecule has 0 N–H and O–H groups in total. The van der Waals surface area contributed by atoms with Crippen LogP contribution >= 0.6 is 0 Å². The first-order valence-corrected chi connectivity index (χ1v) is 16.7. The van der Waals surface area contributed by atoms with Gasteiger partial charge in [0, 0.05) is 33.7 Å². The predicted molar refractivity (Wildman–Crippen MR) is 199 cm³/mol. The van der Waals surface area contributed by atoms with Crippen molar-refractivity contribution >= 4 is 21.9 Å². The summed E-state index contributed by atoms with van der Waals surface area (Å²) in [6, 6.07) is 56.8.